The molecular formula is C13H17BrN2O2. The normalized spacial score (nSPS) is 17.2. The Morgan fingerprint density at radius 2 is 2.28 bits per heavy atom. The van der Waals surface area contributed by atoms with Crippen LogP contribution in [0.15, 0.2) is 22.7 Å². The lowest BCUT2D eigenvalue weighted by molar-refractivity contribution is -0.385. The highest BCUT2D eigenvalue weighted by Gasteiger charge is 2.23. The molecule has 1 aliphatic rings. The van der Waals surface area contributed by atoms with E-state index < -0.39 is 0 Å². The third-order valence-corrected chi connectivity index (χ3v) is 4.36. The summed E-state index contributed by atoms with van der Waals surface area (Å²) >= 11 is 3.19. The van der Waals surface area contributed by atoms with E-state index in [0.717, 1.165) is 11.5 Å². The van der Waals surface area contributed by atoms with E-state index in [1.54, 1.807) is 12.1 Å². The van der Waals surface area contributed by atoms with E-state index in [0.29, 0.717) is 17.1 Å². The second-order valence-electron chi connectivity index (χ2n) is 4.90. The number of hydrogen-bond donors (Lipinski definition) is 1. The number of nitrogens with one attached hydrogen (secondary N) is 1. The number of hydrogen-bond acceptors (Lipinski definition) is 3. The van der Waals surface area contributed by atoms with Crippen molar-refractivity contribution in [3.05, 3.63) is 38.3 Å². The predicted molar refractivity (Wildman–Crippen MR) is 74.4 cm³/mol. The summed E-state index contributed by atoms with van der Waals surface area (Å²) in [4.78, 5) is 10.5. The quantitative estimate of drug-likeness (QED) is 0.667. The summed E-state index contributed by atoms with van der Waals surface area (Å²) in [6.45, 7) is 2.88. The number of nitro groups is 1. The van der Waals surface area contributed by atoms with Gasteiger partial charge in [-0.1, -0.05) is 12.5 Å². The molecule has 1 aliphatic carbocycles. The Labute approximate surface area is 115 Å². The third-order valence-electron chi connectivity index (χ3n) is 3.69. The zero-order valence-electron chi connectivity index (χ0n) is 10.4. The molecule has 0 aliphatic heterocycles. The first-order chi connectivity index (χ1) is 8.58. The molecule has 4 nitrogen and oxygen atoms in total. The van der Waals surface area contributed by atoms with Crippen LogP contribution in [0.25, 0.3) is 0 Å². The average Bonchev–Trinajstić information content (AvgIpc) is 2.25. The maximum atomic E-state index is 10.8. The Morgan fingerprint density at radius 3 is 2.83 bits per heavy atom. The molecule has 1 saturated carbocycles. The molecule has 0 aromatic heterocycles. The molecule has 1 atom stereocenters. The highest BCUT2D eigenvalue weighted by atomic mass is 79.9. The standard InChI is InChI=1S/C13H17BrN2O2/c1-9(11-3-2-4-11)15-8-10-5-6-12(14)13(7-10)16(17)18/h5-7,9,11,15H,2-4,8H2,1H3. The largest absolute Gasteiger partial charge is 0.310 e. The summed E-state index contributed by atoms with van der Waals surface area (Å²) in [5.41, 5.74) is 1.08. The van der Waals surface area contributed by atoms with Crippen LogP contribution >= 0.6 is 15.9 Å². The van der Waals surface area contributed by atoms with Crippen molar-refractivity contribution in [3.63, 3.8) is 0 Å². The van der Waals surface area contributed by atoms with Crippen molar-refractivity contribution in [1.29, 1.82) is 0 Å². The fourth-order valence-electron chi connectivity index (χ4n) is 2.19. The lowest BCUT2D eigenvalue weighted by Gasteiger charge is -2.32. The van der Waals surface area contributed by atoms with Gasteiger partial charge in [0.25, 0.3) is 5.69 Å². The van der Waals surface area contributed by atoms with E-state index in [4.69, 9.17) is 0 Å². The van der Waals surface area contributed by atoms with Gasteiger partial charge in [0.15, 0.2) is 0 Å². The first-order valence-corrected chi connectivity index (χ1v) is 7.03. The van der Waals surface area contributed by atoms with Crippen molar-refractivity contribution in [3.8, 4) is 0 Å². The van der Waals surface area contributed by atoms with E-state index in [-0.39, 0.29) is 10.6 Å². The fourth-order valence-corrected chi connectivity index (χ4v) is 2.58. The topological polar surface area (TPSA) is 55.2 Å². The molecule has 0 saturated heterocycles. The lowest BCUT2D eigenvalue weighted by Crippen LogP contribution is -2.36. The molecule has 0 radical (unpaired) electrons. The molecule has 1 aromatic rings. The van der Waals surface area contributed by atoms with Gasteiger partial charge in [-0.3, -0.25) is 10.1 Å². The van der Waals surface area contributed by atoms with Crippen LogP contribution in [-0.4, -0.2) is 11.0 Å². The second-order valence-corrected chi connectivity index (χ2v) is 5.76. The minimum Gasteiger partial charge on any atom is -0.310 e. The molecule has 0 amide bonds. The maximum Gasteiger partial charge on any atom is 0.283 e. The van der Waals surface area contributed by atoms with Crippen LogP contribution in [0.1, 0.15) is 31.7 Å². The summed E-state index contributed by atoms with van der Waals surface area (Å²) in [5.74, 6) is 0.774. The number of nitro benzene ring substituents is 1. The molecule has 2 rings (SSSR count). The molecule has 0 bridgehead atoms. The monoisotopic (exact) mass is 312 g/mol. The minimum absolute atomic E-state index is 0.130. The van der Waals surface area contributed by atoms with E-state index in [1.807, 2.05) is 6.07 Å². The van der Waals surface area contributed by atoms with Gasteiger partial charge in [-0.25, -0.2) is 0 Å². The maximum absolute atomic E-state index is 10.8. The molecule has 0 spiro atoms. The summed E-state index contributed by atoms with van der Waals surface area (Å²) in [6.07, 6.45) is 3.93. The third kappa shape index (κ3) is 3.09. The van der Waals surface area contributed by atoms with E-state index in [2.05, 4.69) is 28.2 Å². The Kier molecular flexibility index (Phi) is 4.35. The molecule has 5 heteroatoms. The summed E-state index contributed by atoms with van der Waals surface area (Å²) in [6, 6.07) is 5.77. The van der Waals surface area contributed by atoms with Crippen molar-refractivity contribution in [2.45, 2.75) is 38.8 Å². The Hall–Kier alpha value is -0.940. The van der Waals surface area contributed by atoms with Crippen LogP contribution in [0.2, 0.25) is 0 Å². The van der Waals surface area contributed by atoms with Crippen molar-refractivity contribution < 1.29 is 4.92 Å². The van der Waals surface area contributed by atoms with E-state index >= 15 is 0 Å². The zero-order valence-corrected chi connectivity index (χ0v) is 11.9. The van der Waals surface area contributed by atoms with Crippen LogP contribution in [0.5, 0.6) is 0 Å². The van der Waals surface area contributed by atoms with Gasteiger partial charge in [0.2, 0.25) is 0 Å². The van der Waals surface area contributed by atoms with Crippen LogP contribution < -0.4 is 5.32 Å². The molecule has 18 heavy (non-hydrogen) atoms. The average molecular weight is 313 g/mol. The van der Waals surface area contributed by atoms with Crippen LogP contribution in [0.3, 0.4) is 0 Å². The first-order valence-electron chi connectivity index (χ1n) is 6.24. The highest BCUT2D eigenvalue weighted by Crippen LogP contribution is 2.30. The van der Waals surface area contributed by atoms with Gasteiger partial charge in [-0.05, 0) is 53.2 Å². The van der Waals surface area contributed by atoms with Crippen LogP contribution in [0, 0.1) is 16.0 Å². The predicted octanol–water partition coefficient (Wildman–Crippen LogP) is 3.64. The van der Waals surface area contributed by atoms with Crippen LogP contribution in [0.4, 0.5) is 5.69 Å². The van der Waals surface area contributed by atoms with Gasteiger partial charge < -0.3 is 5.32 Å². The van der Waals surface area contributed by atoms with Crippen LogP contribution in [-0.2, 0) is 6.54 Å². The van der Waals surface area contributed by atoms with Crippen molar-refractivity contribution in [2.24, 2.45) is 5.92 Å². The summed E-state index contributed by atoms with van der Waals surface area (Å²) < 4.78 is 0.531. The highest BCUT2D eigenvalue weighted by molar-refractivity contribution is 9.10. The summed E-state index contributed by atoms with van der Waals surface area (Å²) in [7, 11) is 0. The van der Waals surface area contributed by atoms with Gasteiger partial charge in [-0.2, -0.15) is 0 Å². The smallest absolute Gasteiger partial charge is 0.283 e. The first kappa shape index (κ1) is 13.5. The van der Waals surface area contributed by atoms with E-state index in [9.17, 15) is 10.1 Å². The molecule has 1 N–H and O–H groups in total. The fraction of sp³-hybridized carbons (Fsp3) is 0.538. The van der Waals surface area contributed by atoms with Gasteiger partial charge in [0.05, 0.1) is 9.40 Å². The molecule has 1 aromatic carbocycles. The number of benzene rings is 1. The molecule has 98 valence electrons. The Morgan fingerprint density at radius 1 is 1.56 bits per heavy atom. The molecular weight excluding hydrogens is 296 g/mol. The molecule has 1 fully saturated rings. The van der Waals surface area contributed by atoms with Gasteiger partial charge >= 0.3 is 0 Å². The summed E-state index contributed by atoms with van der Waals surface area (Å²) in [5, 5.41) is 14.3. The van der Waals surface area contributed by atoms with Gasteiger partial charge in [0, 0.05) is 18.7 Å². The zero-order chi connectivity index (χ0) is 13.1. The molecule has 0 heterocycles. The SMILES string of the molecule is CC(NCc1ccc(Br)c([N+](=O)[O-])c1)C1CCC1. The number of nitrogens with zero attached hydrogens (tertiary/aromatic N) is 1. The van der Waals surface area contributed by atoms with Crippen molar-refractivity contribution >= 4 is 21.6 Å². The Balaban J connectivity index is 1.96. The van der Waals surface area contributed by atoms with Crippen molar-refractivity contribution in [2.75, 3.05) is 0 Å². The number of rotatable bonds is 5. The number of halogens is 1. The molecule has 1 unspecified atom stereocenters. The Bertz CT molecular complexity index is 447. The lowest BCUT2D eigenvalue weighted by atomic mass is 9.80. The minimum atomic E-state index is -0.358. The van der Waals surface area contributed by atoms with Gasteiger partial charge in [-0.15, -0.1) is 0 Å². The second kappa shape index (κ2) is 5.80. The van der Waals surface area contributed by atoms with Crippen molar-refractivity contribution in [1.82, 2.24) is 5.32 Å². The van der Waals surface area contributed by atoms with Gasteiger partial charge in [0.1, 0.15) is 0 Å². The van der Waals surface area contributed by atoms with E-state index in [1.165, 1.54) is 19.3 Å².